The molecule has 9 nitrogen and oxygen atoms in total. The topological polar surface area (TPSA) is 119 Å². The number of thioether (sulfide) groups is 1. The predicted octanol–water partition coefficient (Wildman–Crippen LogP) is 10.0. The monoisotopic (exact) mass is 794 g/mol. The number of methoxy groups -OCH3 is 2. The second-order valence-electron chi connectivity index (χ2n) is 11.5. The lowest BCUT2D eigenvalue weighted by Gasteiger charge is -2.17. The highest BCUT2D eigenvalue weighted by molar-refractivity contribution is 8.00. The third-order valence-electron chi connectivity index (χ3n) is 7.92. The van der Waals surface area contributed by atoms with E-state index in [9.17, 15) is 14.4 Å². The summed E-state index contributed by atoms with van der Waals surface area (Å²) in [6.07, 6.45) is 1.53. The lowest BCUT2D eigenvalue weighted by Crippen LogP contribution is -2.30. The molecule has 0 fully saturated rings. The Hall–Kier alpha value is -5.59. The van der Waals surface area contributed by atoms with Gasteiger partial charge in [0.1, 0.15) is 10.9 Å². The number of nitrogens with one attached hydrogen (secondary N) is 3. The Bertz CT molecular complexity index is 2300. The van der Waals surface area contributed by atoms with Crippen LogP contribution in [0.5, 0.6) is 11.5 Å². The fourth-order valence-electron chi connectivity index (χ4n) is 5.27. The highest BCUT2D eigenvalue weighted by Gasteiger charge is 2.24. The van der Waals surface area contributed by atoms with Gasteiger partial charge in [-0.05, 0) is 66.2 Å². The maximum Gasteiger partial charge on any atom is 0.272 e. The standard InChI is InChI=1S/C41H32Cl2N4O5S2/c1-51-35-15-9-14-28(36(35)52-2)23-33(45-38(48)26-12-7-4-8-13-26)39(49)44-29-17-19-30(20-18-29)54-37(25-10-5-3-6-11-25)40(50)47-41-46-34(24-53-41)27-16-21-31(42)32(43)22-27/h3-24,37H,1-2H3,(H,44,49)(H,45,48)(H,46,47,50)/b33-23-. The van der Waals surface area contributed by atoms with Gasteiger partial charge in [-0.15, -0.1) is 23.1 Å². The SMILES string of the molecule is COc1cccc(/C=C(\NC(=O)c2ccccc2)C(=O)Nc2ccc(SC(C(=O)Nc3nc(-c4ccc(Cl)c(Cl)c4)cs3)c3ccccc3)cc2)c1OC. The molecular weight excluding hydrogens is 764 g/mol. The molecule has 272 valence electrons. The van der Waals surface area contributed by atoms with E-state index in [1.807, 2.05) is 53.9 Å². The first-order chi connectivity index (χ1) is 26.2. The minimum Gasteiger partial charge on any atom is -0.493 e. The zero-order chi connectivity index (χ0) is 38.0. The van der Waals surface area contributed by atoms with E-state index in [1.165, 1.54) is 43.4 Å². The van der Waals surface area contributed by atoms with Crippen LogP contribution >= 0.6 is 46.3 Å². The van der Waals surface area contributed by atoms with Gasteiger partial charge in [-0.1, -0.05) is 89.9 Å². The van der Waals surface area contributed by atoms with E-state index in [2.05, 4.69) is 20.9 Å². The van der Waals surface area contributed by atoms with Gasteiger partial charge in [0.25, 0.3) is 11.8 Å². The van der Waals surface area contributed by atoms with Gasteiger partial charge >= 0.3 is 0 Å². The highest BCUT2D eigenvalue weighted by Crippen LogP contribution is 2.38. The molecule has 0 aliphatic rings. The normalized spacial score (nSPS) is 11.7. The lowest BCUT2D eigenvalue weighted by molar-refractivity contribution is -0.116. The van der Waals surface area contributed by atoms with E-state index >= 15 is 0 Å². The van der Waals surface area contributed by atoms with E-state index in [1.54, 1.807) is 72.8 Å². The Kier molecular flexibility index (Phi) is 12.7. The molecule has 1 aromatic heterocycles. The van der Waals surface area contributed by atoms with Crippen molar-refractivity contribution in [3.63, 3.8) is 0 Å². The molecule has 5 aromatic carbocycles. The van der Waals surface area contributed by atoms with E-state index in [4.69, 9.17) is 32.7 Å². The quantitative estimate of drug-likeness (QED) is 0.0787. The van der Waals surface area contributed by atoms with Gasteiger partial charge in [0, 0.05) is 32.7 Å². The molecule has 13 heteroatoms. The van der Waals surface area contributed by atoms with Gasteiger partial charge < -0.3 is 25.4 Å². The van der Waals surface area contributed by atoms with Crippen molar-refractivity contribution in [1.29, 1.82) is 0 Å². The minimum atomic E-state index is -0.621. The predicted molar refractivity (Wildman–Crippen MR) is 218 cm³/mol. The second kappa shape index (κ2) is 18.0. The fraction of sp³-hybridized carbons (Fsp3) is 0.0732. The number of hydrogen-bond acceptors (Lipinski definition) is 8. The second-order valence-corrected chi connectivity index (χ2v) is 14.4. The minimum absolute atomic E-state index is 0.0147. The van der Waals surface area contributed by atoms with Gasteiger partial charge in [0.05, 0.1) is 30.0 Å². The van der Waals surface area contributed by atoms with Crippen molar-refractivity contribution in [1.82, 2.24) is 10.3 Å². The summed E-state index contributed by atoms with van der Waals surface area (Å²) >= 11 is 14.9. The Morgan fingerprint density at radius 1 is 0.796 bits per heavy atom. The number of halogens is 2. The average Bonchev–Trinajstić information content (AvgIpc) is 3.67. The van der Waals surface area contributed by atoms with Crippen LogP contribution in [0.1, 0.15) is 26.7 Å². The summed E-state index contributed by atoms with van der Waals surface area (Å²) in [4.78, 5) is 46.0. The summed E-state index contributed by atoms with van der Waals surface area (Å²) < 4.78 is 11.0. The first-order valence-electron chi connectivity index (χ1n) is 16.4. The molecule has 3 amide bonds. The number of carbonyl (C=O) groups excluding carboxylic acids is 3. The van der Waals surface area contributed by atoms with Crippen molar-refractivity contribution in [3.05, 3.63) is 159 Å². The molecule has 0 bridgehead atoms. The number of anilines is 2. The van der Waals surface area contributed by atoms with Crippen LogP contribution < -0.4 is 25.4 Å². The number of hydrogen-bond donors (Lipinski definition) is 3. The fourth-order valence-corrected chi connectivity index (χ4v) is 7.31. The Morgan fingerprint density at radius 3 is 2.20 bits per heavy atom. The first-order valence-corrected chi connectivity index (χ1v) is 18.9. The summed E-state index contributed by atoms with van der Waals surface area (Å²) in [5.41, 5.74) is 3.61. The van der Waals surface area contributed by atoms with Gasteiger partial charge in [0.15, 0.2) is 16.6 Å². The van der Waals surface area contributed by atoms with Crippen molar-refractivity contribution >= 4 is 80.9 Å². The zero-order valence-corrected chi connectivity index (χ0v) is 32.0. The molecule has 1 heterocycles. The maximum atomic E-state index is 13.8. The summed E-state index contributed by atoms with van der Waals surface area (Å²) in [5, 5.41) is 11.1. The molecule has 0 radical (unpaired) electrons. The molecule has 0 aliphatic carbocycles. The lowest BCUT2D eigenvalue weighted by atomic mass is 10.1. The van der Waals surface area contributed by atoms with Gasteiger partial charge in [-0.2, -0.15) is 0 Å². The third kappa shape index (κ3) is 9.49. The maximum absolute atomic E-state index is 13.8. The molecule has 1 atom stereocenters. The van der Waals surface area contributed by atoms with Crippen molar-refractivity contribution in [2.75, 3.05) is 24.9 Å². The molecule has 6 aromatic rings. The van der Waals surface area contributed by atoms with Crippen LogP contribution in [0, 0.1) is 0 Å². The molecular formula is C41H32Cl2N4O5S2. The molecule has 0 spiro atoms. The summed E-state index contributed by atoms with van der Waals surface area (Å²) in [7, 11) is 3.01. The average molecular weight is 796 g/mol. The van der Waals surface area contributed by atoms with Crippen LogP contribution in [0.2, 0.25) is 10.0 Å². The molecule has 54 heavy (non-hydrogen) atoms. The van der Waals surface area contributed by atoms with Gasteiger partial charge in [-0.3, -0.25) is 14.4 Å². The van der Waals surface area contributed by atoms with Gasteiger partial charge in [-0.25, -0.2) is 4.98 Å². The Balaban J connectivity index is 1.20. The molecule has 3 N–H and O–H groups in total. The van der Waals surface area contributed by atoms with Gasteiger partial charge in [0.2, 0.25) is 5.91 Å². The molecule has 1 unspecified atom stereocenters. The molecule has 6 rings (SSSR count). The number of benzene rings is 5. The smallest absolute Gasteiger partial charge is 0.272 e. The van der Waals surface area contributed by atoms with Crippen LogP contribution in [0.15, 0.2) is 137 Å². The van der Waals surface area contributed by atoms with Crippen molar-refractivity contribution < 1.29 is 23.9 Å². The number of carbonyl (C=O) groups is 3. The zero-order valence-electron chi connectivity index (χ0n) is 28.8. The number of nitrogens with zero attached hydrogens (tertiary/aromatic N) is 1. The number of amides is 3. The van der Waals surface area contributed by atoms with Crippen molar-refractivity contribution in [2.45, 2.75) is 10.1 Å². The van der Waals surface area contributed by atoms with Crippen LogP contribution in [0.25, 0.3) is 17.3 Å². The van der Waals surface area contributed by atoms with E-state index in [0.29, 0.717) is 49.2 Å². The van der Waals surface area contributed by atoms with E-state index in [0.717, 1.165) is 16.0 Å². The van der Waals surface area contributed by atoms with Crippen LogP contribution in [0.4, 0.5) is 10.8 Å². The third-order valence-corrected chi connectivity index (χ3v) is 10.7. The van der Waals surface area contributed by atoms with E-state index < -0.39 is 17.1 Å². The largest absolute Gasteiger partial charge is 0.493 e. The Morgan fingerprint density at radius 2 is 1.52 bits per heavy atom. The number of para-hydroxylation sites is 1. The number of thiazole rings is 1. The van der Waals surface area contributed by atoms with Crippen LogP contribution in [-0.4, -0.2) is 36.9 Å². The molecule has 0 saturated carbocycles. The Labute approximate surface area is 330 Å². The van der Waals surface area contributed by atoms with Crippen molar-refractivity contribution in [2.24, 2.45) is 0 Å². The van der Waals surface area contributed by atoms with E-state index in [-0.39, 0.29) is 11.6 Å². The highest BCUT2D eigenvalue weighted by atomic mass is 35.5. The number of rotatable bonds is 13. The summed E-state index contributed by atoms with van der Waals surface area (Å²) in [6, 6.07) is 35.6. The summed E-state index contributed by atoms with van der Waals surface area (Å²) in [6.45, 7) is 0. The van der Waals surface area contributed by atoms with Crippen molar-refractivity contribution in [3.8, 4) is 22.8 Å². The first kappa shape index (κ1) is 38.1. The number of aromatic nitrogens is 1. The molecule has 0 aliphatic heterocycles. The summed E-state index contributed by atoms with van der Waals surface area (Å²) in [5.74, 6) is -0.403. The molecule has 0 saturated heterocycles. The number of ether oxygens (including phenoxy) is 2. The van der Waals surface area contributed by atoms with Crippen LogP contribution in [-0.2, 0) is 9.59 Å². The van der Waals surface area contributed by atoms with Crippen LogP contribution in [0.3, 0.4) is 0 Å².